The minimum Gasteiger partial charge on any atom is -0.756 e. The van der Waals surface area contributed by atoms with Crippen LogP contribution in [0.25, 0.3) is 0 Å². The van der Waals surface area contributed by atoms with E-state index in [9.17, 15) is 34.1 Å². The Hall–Kier alpha value is -2.18. The van der Waals surface area contributed by atoms with Crippen LogP contribution in [0.1, 0.15) is 136 Å². The molecule has 6 atom stereocenters. The second-order valence-electron chi connectivity index (χ2n) is 15.8. The summed E-state index contributed by atoms with van der Waals surface area (Å²) < 4.78 is 33.7. The number of unbranched alkanes of at least 4 members (excludes halogenated alkanes) is 10. The molecule has 13 heteroatoms. The number of hydrogen-bond donors (Lipinski definition) is 2. The lowest BCUT2D eigenvalue weighted by atomic mass is 9.90. The molecule has 0 aromatic rings. The summed E-state index contributed by atoms with van der Waals surface area (Å²) in [6.45, 7) is 3.73. The Morgan fingerprint density at radius 3 is 2.20 bits per heavy atom. The van der Waals surface area contributed by atoms with E-state index in [1.165, 1.54) is 12.8 Å². The number of esters is 2. The van der Waals surface area contributed by atoms with Gasteiger partial charge in [-0.2, -0.15) is 0 Å². The number of likely N-dealkylation sites (N-methyl/N-ethyl adjacent to an activating group) is 1. The Bertz CT molecular complexity index is 1200. The van der Waals surface area contributed by atoms with Gasteiger partial charge in [-0.3, -0.25) is 18.9 Å². The summed E-state index contributed by atoms with van der Waals surface area (Å²) in [6.07, 6.45) is 24.0. The van der Waals surface area contributed by atoms with Crippen LogP contribution in [0.3, 0.4) is 0 Å². The van der Waals surface area contributed by atoms with Gasteiger partial charge in [-0.15, -0.1) is 0 Å². The molecule has 318 valence electrons. The van der Waals surface area contributed by atoms with Crippen LogP contribution in [0.2, 0.25) is 0 Å². The molecular weight excluding hydrogens is 725 g/mol. The van der Waals surface area contributed by atoms with E-state index in [1.54, 1.807) is 12.2 Å². The van der Waals surface area contributed by atoms with Gasteiger partial charge in [0.15, 0.2) is 6.10 Å². The SMILES string of the molecule is CCCC/C=C\CCCCCCCC(=O)OC[C@H](COP(=O)([O-])OCC[N+](C)(C)C)OC(=O)CCC/C=C\C[C@H]1C(=O)C[C@@H](O)[C@@H]1/C=C/[C@@H](O)CCCCC. The Labute approximate surface area is 331 Å². The van der Waals surface area contributed by atoms with Crippen LogP contribution in [0.4, 0.5) is 0 Å². The lowest BCUT2D eigenvalue weighted by Crippen LogP contribution is -2.37. The normalized spacial score (nSPS) is 20.1. The summed E-state index contributed by atoms with van der Waals surface area (Å²) in [6, 6.07) is 0. The highest BCUT2D eigenvalue weighted by Gasteiger charge is 2.39. The molecule has 1 unspecified atom stereocenters. The van der Waals surface area contributed by atoms with E-state index in [-0.39, 0.29) is 50.1 Å². The van der Waals surface area contributed by atoms with E-state index < -0.39 is 44.7 Å². The van der Waals surface area contributed by atoms with Gasteiger partial charge in [0, 0.05) is 31.1 Å². The average molecular weight is 800 g/mol. The molecule has 1 aliphatic carbocycles. The number of hydrogen-bond acceptors (Lipinski definition) is 11. The monoisotopic (exact) mass is 799 g/mol. The number of aliphatic hydroxyl groups excluding tert-OH is 2. The number of Topliss-reactive ketones (excluding diaryl/α,β-unsaturated/α-hetero) is 1. The standard InChI is InChI=1S/C42H74NO11P/c1-6-8-10-11-12-13-14-15-16-17-22-26-41(47)51-33-36(34-53-55(49,50)52-31-30-43(3,4)5)54-42(48)27-23-19-18-21-25-37-38(40(46)32-39(37)45)29-28-35(44)24-20-9-7-2/h11-12,18,21,28-29,35-38,40,44,46H,6-10,13-17,19-20,22-27,30-34H2,1-5H3/b12-11-,21-18-,29-28+/t35-,36+,37+,38+,40+/m0/s1. The molecule has 55 heavy (non-hydrogen) atoms. The van der Waals surface area contributed by atoms with Crippen LogP contribution in [0, 0.1) is 11.8 Å². The molecule has 1 aliphatic rings. The number of quaternary nitrogens is 1. The lowest BCUT2D eigenvalue weighted by molar-refractivity contribution is -0.870. The summed E-state index contributed by atoms with van der Waals surface area (Å²) in [5.74, 6) is -1.79. The van der Waals surface area contributed by atoms with Crippen molar-refractivity contribution in [2.45, 2.75) is 154 Å². The van der Waals surface area contributed by atoms with Gasteiger partial charge in [-0.25, -0.2) is 0 Å². The molecule has 1 fully saturated rings. The highest BCUT2D eigenvalue weighted by Crippen LogP contribution is 2.38. The van der Waals surface area contributed by atoms with Crippen molar-refractivity contribution in [1.29, 1.82) is 0 Å². The van der Waals surface area contributed by atoms with E-state index >= 15 is 0 Å². The van der Waals surface area contributed by atoms with Crippen molar-refractivity contribution in [3.05, 3.63) is 36.5 Å². The molecule has 0 saturated heterocycles. The molecule has 0 radical (unpaired) electrons. The molecule has 0 bridgehead atoms. The molecule has 2 N–H and O–H groups in total. The van der Waals surface area contributed by atoms with Crippen LogP contribution < -0.4 is 4.89 Å². The molecular formula is C42H74NO11P. The molecule has 0 aromatic heterocycles. The zero-order valence-electron chi connectivity index (χ0n) is 34.6. The fraction of sp³-hybridized carbons (Fsp3) is 0.786. The molecule has 1 saturated carbocycles. The van der Waals surface area contributed by atoms with Gasteiger partial charge in [0.25, 0.3) is 7.82 Å². The van der Waals surface area contributed by atoms with Crippen molar-refractivity contribution in [3.63, 3.8) is 0 Å². The summed E-state index contributed by atoms with van der Waals surface area (Å²) in [7, 11) is 0.990. The average Bonchev–Trinajstić information content (AvgIpc) is 3.39. The van der Waals surface area contributed by atoms with Gasteiger partial charge in [-0.05, 0) is 51.4 Å². The minimum atomic E-state index is -4.70. The fourth-order valence-corrected chi connectivity index (χ4v) is 6.81. The largest absolute Gasteiger partial charge is 0.756 e. The first-order valence-electron chi connectivity index (χ1n) is 20.8. The molecule has 0 spiro atoms. The number of carbonyl (C=O) groups excluding carboxylic acids is 3. The van der Waals surface area contributed by atoms with E-state index in [0.717, 1.165) is 57.8 Å². The molecule has 1 rings (SSSR count). The van der Waals surface area contributed by atoms with Crippen LogP contribution in [-0.4, -0.2) is 98.2 Å². The van der Waals surface area contributed by atoms with E-state index in [4.69, 9.17) is 18.5 Å². The first-order chi connectivity index (χ1) is 26.2. The molecule has 12 nitrogen and oxygen atoms in total. The Morgan fingerprint density at radius 1 is 0.855 bits per heavy atom. The van der Waals surface area contributed by atoms with Gasteiger partial charge >= 0.3 is 11.9 Å². The minimum absolute atomic E-state index is 0.0112. The van der Waals surface area contributed by atoms with Crippen molar-refractivity contribution >= 4 is 25.5 Å². The van der Waals surface area contributed by atoms with Gasteiger partial charge in [0.05, 0.1) is 40.0 Å². The number of ether oxygens (including phenoxy) is 2. The summed E-state index contributed by atoms with van der Waals surface area (Å²) in [5.41, 5.74) is 0. The summed E-state index contributed by atoms with van der Waals surface area (Å²) in [5, 5.41) is 20.7. The predicted molar refractivity (Wildman–Crippen MR) is 214 cm³/mol. The van der Waals surface area contributed by atoms with Crippen LogP contribution in [0.5, 0.6) is 0 Å². The number of aliphatic hydroxyl groups is 2. The maximum Gasteiger partial charge on any atom is 0.306 e. The van der Waals surface area contributed by atoms with E-state index in [1.807, 2.05) is 33.3 Å². The number of carbonyl (C=O) groups is 3. The molecule has 0 heterocycles. The van der Waals surface area contributed by atoms with Crippen molar-refractivity contribution in [2.24, 2.45) is 11.8 Å². The maximum atomic E-state index is 12.7. The number of allylic oxidation sites excluding steroid dienone is 4. The lowest BCUT2D eigenvalue weighted by Gasteiger charge is -2.28. The molecule has 0 amide bonds. The van der Waals surface area contributed by atoms with Gasteiger partial charge in [0.1, 0.15) is 25.5 Å². The number of nitrogens with zero attached hydrogens (tertiary/aromatic N) is 1. The second kappa shape index (κ2) is 30.0. The number of rotatable bonds is 33. The third-order valence-corrected chi connectivity index (χ3v) is 10.5. The van der Waals surface area contributed by atoms with Crippen LogP contribution in [0.15, 0.2) is 36.5 Å². The van der Waals surface area contributed by atoms with Gasteiger partial charge < -0.3 is 38.1 Å². The molecule has 0 aliphatic heterocycles. The zero-order chi connectivity index (χ0) is 41.0. The number of phosphoric acid groups is 1. The van der Waals surface area contributed by atoms with Gasteiger partial charge in [0.2, 0.25) is 0 Å². The van der Waals surface area contributed by atoms with Crippen molar-refractivity contribution < 1.29 is 57.1 Å². The Morgan fingerprint density at radius 2 is 1.49 bits per heavy atom. The third-order valence-electron chi connectivity index (χ3n) is 9.50. The van der Waals surface area contributed by atoms with Crippen LogP contribution in [-0.2, 0) is 37.5 Å². The second-order valence-corrected chi connectivity index (χ2v) is 17.2. The quantitative estimate of drug-likeness (QED) is 0.0225. The van der Waals surface area contributed by atoms with Crippen LogP contribution >= 0.6 is 7.82 Å². The smallest absolute Gasteiger partial charge is 0.306 e. The summed E-state index contributed by atoms with van der Waals surface area (Å²) in [4.78, 5) is 50.1. The Balaban J connectivity index is 2.57. The fourth-order valence-electron chi connectivity index (χ4n) is 6.09. The zero-order valence-corrected chi connectivity index (χ0v) is 35.5. The first kappa shape index (κ1) is 50.8. The first-order valence-corrected chi connectivity index (χ1v) is 22.3. The third kappa shape index (κ3) is 27.2. The number of ketones is 1. The highest BCUT2D eigenvalue weighted by molar-refractivity contribution is 7.45. The van der Waals surface area contributed by atoms with Crippen molar-refractivity contribution in [1.82, 2.24) is 0 Å². The van der Waals surface area contributed by atoms with Gasteiger partial charge in [-0.1, -0.05) is 102 Å². The van der Waals surface area contributed by atoms with E-state index in [0.29, 0.717) is 43.1 Å². The van der Waals surface area contributed by atoms with E-state index in [2.05, 4.69) is 26.0 Å². The number of phosphoric ester groups is 1. The topological polar surface area (TPSA) is 169 Å². The molecule has 0 aromatic carbocycles. The summed E-state index contributed by atoms with van der Waals surface area (Å²) >= 11 is 0. The predicted octanol–water partition coefficient (Wildman–Crippen LogP) is 7.31. The Kier molecular flexibility index (Phi) is 27.7. The highest BCUT2D eigenvalue weighted by atomic mass is 31.2. The maximum absolute atomic E-state index is 12.7. The van der Waals surface area contributed by atoms with Crippen molar-refractivity contribution in [3.8, 4) is 0 Å². The van der Waals surface area contributed by atoms with Crippen molar-refractivity contribution in [2.75, 3.05) is 47.5 Å².